The molecule has 0 saturated heterocycles. The Hall–Kier alpha value is -2.01. The topological polar surface area (TPSA) is 67.2 Å². The van der Waals surface area contributed by atoms with Crippen LogP contribution in [0.1, 0.15) is 17.3 Å². The Bertz CT molecular complexity index is 628. The third-order valence-electron chi connectivity index (χ3n) is 2.75. The van der Waals surface area contributed by atoms with Crippen molar-refractivity contribution in [1.82, 2.24) is 5.32 Å². The maximum absolute atomic E-state index is 11.7. The molecule has 0 saturated carbocycles. The van der Waals surface area contributed by atoms with Crippen molar-refractivity contribution >= 4 is 38.9 Å². The summed E-state index contributed by atoms with van der Waals surface area (Å²) in [6, 6.07) is 13.0. The molecule has 0 spiro atoms. The summed E-state index contributed by atoms with van der Waals surface area (Å²) in [7, 11) is 0. The lowest BCUT2D eigenvalue weighted by Crippen LogP contribution is -2.22. The first-order valence-corrected chi connectivity index (χ1v) is 7.09. The van der Waals surface area contributed by atoms with Gasteiger partial charge in [0.2, 0.25) is 0 Å². The lowest BCUT2D eigenvalue weighted by atomic mass is 10.1. The van der Waals surface area contributed by atoms with E-state index in [0.717, 1.165) is 15.8 Å². The van der Waals surface area contributed by atoms with Crippen LogP contribution in [0.5, 0.6) is 0 Å². The molecule has 2 aromatic carbocycles. The van der Waals surface area contributed by atoms with E-state index in [2.05, 4.69) is 26.6 Å². The largest absolute Gasteiger partial charge is 0.397 e. The van der Waals surface area contributed by atoms with Crippen LogP contribution in [0.4, 0.5) is 17.1 Å². The summed E-state index contributed by atoms with van der Waals surface area (Å²) >= 11 is 3.42. The van der Waals surface area contributed by atoms with Crippen LogP contribution in [-0.2, 0) is 0 Å². The second-order valence-corrected chi connectivity index (χ2v) is 5.21. The number of carbonyl (C=O) groups excluding carboxylic acids is 1. The average molecular weight is 334 g/mol. The highest BCUT2D eigenvalue weighted by Crippen LogP contribution is 2.25. The normalized spacial score (nSPS) is 10.1. The zero-order valence-corrected chi connectivity index (χ0v) is 12.7. The summed E-state index contributed by atoms with van der Waals surface area (Å²) in [6.07, 6.45) is 0. The molecule has 5 heteroatoms. The number of halogens is 1. The van der Waals surface area contributed by atoms with Gasteiger partial charge in [0, 0.05) is 22.3 Å². The van der Waals surface area contributed by atoms with Crippen molar-refractivity contribution in [2.24, 2.45) is 0 Å². The lowest BCUT2D eigenvalue weighted by molar-refractivity contribution is 0.0956. The third-order valence-corrected chi connectivity index (χ3v) is 3.25. The van der Waals surface area contributed by atoms with E-state index >= 15 is 0 Å². The second-order valence-electron chi connectivity index (χ2n) is 4.30. The SMILES string of the molecule is CCNC(=O)c1ccc(Nc2cccc(Br)c2)c(N)c1. The van der Waals surface area contributed by atoms with Gasteiger partial charge in [-0.05, 0) is 43.3 Å². The van der Waals surface area contributed by atoms with E-state index < -0.39 is 0 Å². The summed E-state index contributed by atoms with van der Waals surface area (Å²) in [5.41, 5.74) is 8.78. The minimum atomic E-state index is -0.117. The predicted octanol–water partition coefficient (Wildman–Crippen LogP) is 3.52. The Morgan fingerprint density at radius 3 is 2.70 bits per heavy atom. The van der Waals surface area contributed by atoms with Crippen LogP contribution in [0.3, 0.4) is 0 Å². The number of rotatable bonds is 4. The fourth-order valence-electron chi connectivity index (χ4n) is 1.80. The van der Waals surface area contributed by atoms with Crippen LogP contribution in [0.2, 0.25) is 0 Å². The van der Waals surface area contributed by atoms with E-state index in [9.17, 15) is 4.79 Å². The van der Waals surface area contributed by atoms with Gasteiger partial charge < -0.3 is 16.4 Å². The van der Waals surface area contributed by atoms with Crippen molar-refractivity contribution in [3.8, 4) is 0 Å². The Morgan fingerprint density at radius 2 is 2.05 bits per heavy atom. The smallest absolute Gasteiger partial charge is 0.251 e. The average Bonchev–Trinajstić information content (AvgIpc) is 2.41. The summed E-state index contributed by atoms with van der Waals surface area (Å²) in [4.78, 5) is 11.7. The molecule has 2 aromatic rings. The maximum Gasteiger partial charge on any atom is 0.251 e. The molecule has 4 nitrogen and oxygen atoms in total. The van der Waals surface area contributed by atoms with Gasteiger partial charge in [-0.25, -0.2) is 0 Å². The van der Waals surface area contributed by atoms with E-state index in [0.29, 0.717) is 17.8 Å². The van der Waals surface area contributed by atoms with E-state index in [1.807, 2.05) is 31.2 Å². The van der Waals surface area contributed by atoms with Crippen LogP contribution in [0.25, 0.3) is 0 Å². The fraction of sp³-hybridized carbons (Fsp3) is 0.133. The zero-order valence-electron chi connectivity index (χ0n) is 11.1. The molecule has 4 N–H and O–H groups in total. The summed E-state index contributed by atoms with van der Waals surface area (Å²) in [6.45, 7) is 2.47. The highest BCUT2D eigenvalue weighted by atomic mass is 79.9. The van der Waals surface area contributed by atoms with Crippen LogP contribution < -0.4 is 16.4 Å². The first kappa shape index (κ1) is 14.4. The van der Waals surface area contributed by atoms with Crippen molar-refractivity contribution in [2.45, 2.75) is 6.92 Å². The summed E-state index contributed by atoms with van der Waals surface area (Å²) in [5.74, 6) is -0.117. The van der Waals surface area contributed by atoms with Crippen molar-refractivity contribution < 1.29 is 4.79 Å². The van der Waals surface area contributed by atoms with E-state index in [1.165, 1.54) is 0 Å². The van der Waals surface area contributed by atoms with Gasteiger partial charge in [-0.3, -0.25) is 4.79 Å². The standard InChI is InChI=1S/C15H16BrN3O/c1-2-18-15(20)10-6-7-14(13(17)8-10)19-12-5-3-4-11(16)9-12/h3-9,19H,2,17H2,1H3,(H,18,20). The lowest BCUT2D eigenvalue weighted by Gasteiger charge is -2.11. The summed E-state index contributed by atoms with van der Waals surface area (Å²) in [5, 5.41) is 5.97. The molecule has 2 rings (SSSR count). The van der Waals surface area contributed by atoms with Gasteiger partial charge in [-0.1, -0.05) is 22.0 Å². The Balaban J connectivity index is 2.20. The number of hydrogen-bond donors (Lipinski definition) is 3. The van der Waals surface area contributed by atoms with E-state index in [-0.39, 0.29) is 5.91 Å². The van der Waals surface area contributed by atoms with Gasteiger partial charge in [0.05, 0.1) is 11.4 Å². The van der Waals surface area contributed by atoms with Crippen LogP contribution >= 0.6 is 15.9 Å². The predicted molar refractivity (Wildman–Crippen MR) is 86.3 cm³/mol. The molecule has 0 bridgehead atoms. The molecule has 0 aliphatic heterocycles. The Labute approximate surface area is 126 Å². The number of amides is 1. The van der Waals surface area contributed by atoms with Crippen LogP contribution in [-0.4, -0.2) is 12.5 Å². The van der Waals surface area contributed by atoms with Gasteiger partial charge in [0.25, 0.3) is 5.91 Å². The number of benzene rings is 2. The molecular formula is C15H16BrN3O. The second kappa shape index (κ2) is 6.43. The van der Waals surface area contributed by atoms with E-state index in [4.69, 9.17) is 5.73 Å². The summed E-state index contributed by atoms with van der Waals surface area (Å²) < 4.78 is 0.986. The fourth-order valence-corrected chi connectivity index (χ4v) is 2.20. The minimum absolute atomic E-state index is 0.117. The number of nitrogens with two attached hydrogens (primary N) is 1. The highest BCUT2D eigenvalue weighted by Gasteiger charge is 2.07. The van der Waals surface area contributed by atoms with Crippen molar-refractivity contribution in [1.29, 1.82) is 0 Å². The van der Waals surface area contributed by atoms with Crippen molar-refractivity contribution in [3.63, 3.8) is 0 Å². The molecular weight excluding hydrogens is 318 g/mol. The van der Waals surface area contributed by atoms with Gasteiger partial charge in [-0.2, -0.15) is 0 Å². The van der Waals surface area contributed by atoms with E-state index in [1.54, 1.807) is 18.2 Å². The number of carbonyl (C=O) groups is 1. The maximum atomic E-state index is 11.7. The molecule has 104 valence electrons. The molecule has 20 heavy (non-hydrogen) atoms. The van der Waals surface area contributed by atoms with Gasteiger partial charge in [0.1, 0.15) is 0 Å². The molecule has 0 atom stereocenters. The molecule has 0 radical (unpaired) electrons. The molecule has 0 aliphatic carbocycles. The molecule has 0 heterocycles. The first-order chi connectivity index (χ1) is 9.60. The monoisotopic (exact) mass is 333 g/mol. The Kier molecular flexibility index (Phi) is 4.63. The molecule has 1 amide bonds. The highest BCUT2D eigenvalue weighted by molar-refractivity contribution is 9.10. The van der Waals surface area contributed by atoms with Gasteiger partial charge >= 0.3 is 0 Å². The molecule has 0 fully saturated rings. The molecule has 0 aromatic heterocycles. The Morgan fingerprint density at radius 1 is 1.25 bits per heavy atom. The number of nitrogen functional groups attached to an aromatic ring is 1. The molecule has 0 unspecified atom stereocenters. The number of anilines is 3. The first-order valence-electron chi connectivity index (χ1n) is 6.30. The van der Waals surface area contributed by atoms with Crippen molar-refractivity contribution in [2.75, 3.05) is 17.6 Å². The van der Waals surface area contributed by atoms with Crippen molar-refractivity contribution in [3.05, 3.63) is 52.5 Å². The minimum Gasteiger partial charge on any atom is -0.397 e. The van der Waals surface area contributed by atoms with Gasteiger partial charge in [0.15, 0.2) is 0 Å². The van der Waals surface area contributed by atoms with Gasteiger partial charge in [-0.15, -0.1) is 0 Å². The van der Waals surface area contributed by atoms with Crippen LogP contribution in [0.15, 0.2) is 46.9 Å². The number of nitrogens with one attached hydrogen (secondary N) is 2. The zero-order chi connectivity index (χ0) is 14.5. The third kappa shape index (κ3) is 3.51. The van der Waals surface area contributed by atoms with Crippen LogP contribution in [0, 0.1) is 0 Å². The quantitative estimate of drug-likeness (QED) is 0.750. The number of hydrogen-bond acceptors (Lipinski definition) is 3. The molecule has 0 aliphatic rings.